The van der Waals surface area contributed by atoms with Gasteiger partial charge in [-0.1, -0.05) is 52.0 Å². The largest absolute Gasteiger partial charge is 0.478 e. The van der Waals surface area contributed by atoms with Crippen LogP contribution in [0.5, 0.6) is 0 Å². The fourth-order valence-electron chi connectivity index (χ4n) is 4.66. The van der Waals surface area contributed by atoms with Crippen LogP contribution in [0.4, 0.5) is 0 Å². The van der Waals surface area contributed by atoms with Crippen molar-refractivity contribution in [1.29, 1.82) is 5.26 Å². The van der Waals surface area contributed by atoms with Crippen molar-refractivity contribution < 1.29 is 9.90 Å². The van der Waals surface area contributed by atoms with E-state index in [1.807, 2.05) is 12.1 Å². The van der Waals surface area contributed by atoms with Gasteiger partial charge < -0.3 is 9.67 Å². The van der Waals surface area contributed by atoms with E-state index in [2.05, 4.69) is 56.5 Å². The van der Waals surface area contributed by atoms with Gasteiger partial charge in [-0.05, 0) is 53.5 Å². The van der Waals surface area contributed by atoms with Crippen LogP contribution in [0.1, 0.15) is 85.6 Å². The van der Waals surface area contributed by atoms with Crippen molar-refractivity contribution >= 4 is 23.1 Å². The first-order chi connectivity index (χ1) is 14.8. The zero-order valence-electron chi connectivity index (χ0n) is 18.4. The van der Waals surface area contributed by atoms with Gasteiger partial charge in [0.25, 0.3) is 0 Å². The summed E-state index contributed by atoms with van der Waals surface area (Å²) in [4.78, 5) is 16.4. The zero-order valence-corrected chi connectivity index (χ0v) is 18.4. The molecule has 2 aromatic heterocycles. The van der Waals surface area contributed by atoms with E-state index in [9.17, 15) is 15.2 Å². The molecule has 1 aromatic carbocycles. The lowest BCUT2D eigenvalue weighted by Gasteiger charge is -2.19. The van der Waals surface area contributed by atoms with Crippen LogP contribution in [0.25, 0.3) is 17.1 Å². The normalized spacial score (nSPS) is 15.8. The predicted octanol–water partition coefficient (Wildman–Crippen LogP) is 5.79. The van der Waals surface area contributed by atoms with E-state index in [0.29, 0.717) is 11.3 Å². The van der Waals surface area contributed by atoms with Gasteiger partial charge in [-0.3, -0.25) is 0 Å². The van der Waals surface area contributed by atoms with E-state index in [1.165, 1.54) is 11.1 Å². The Balaban J connectivity index is 2.13. The van der Waals surface area contributed by atoms with Crippen LogP contribution < -0.4 is 0 Å². The van der Waals surface area contributed by atoms with Crippen LogP contribution in [0.2, 0.25) is 0 Å². The third-order valence-electron chi connectivity index (χ3n) is 6.17. The van der Waals surface area contributed by atoms with Gasteiger partial charge in [-0.15, -0.1) is 0 Å². The number of nitrogens with zero attached hydrogens (tertiary/aromatic N) is 3. The van der Waals surface area contributed by atoms with Crippen LogP contribution in [0.15, 0.2) is 36.4 Å². The number of benzene rings is 1. The van der Waals surface area contributed by atoms with Crippen LogP contribution in [0.3, 0.4) is 0 Å². The molecule has 0 saturated carbocycles. The summed E-state index contributed by atoms with van der Waals surface area (Å²) in [5, 5.41) is 20.3. The number of aliphatic carboxylic acids is 1. The molecular weight excluding hydrogens is 386 g/mol. The molecule has 0 bridgehead atoms. The lowest BCUT2D eigenvalue weighted by molar-refractivity contribution is -0.131. The highest BCUT2D eigenvalue weighted by atomic mass is 16.4. The van der Waals surface area contributed by atoms with E-state index in [1.54, 1.807) is 6.08 Å². The minimum Gasteiger partial charge on any atom is -0.478 e. The molecule has 1 aliphatic rings. The Labute approximate surface area is 182 Å². The Morgan fingerprint density at radius 1 is 1.26 bits per heavy atom. The van der Waals surface area contributed by atoms with Crippen molar-refractivity contribution in [2.24, 2.45) is 0 Å². The maximum atomic E-state index is 11.3. The molecule has 0 radical (unpaired) electrons. The van der Waals surface area contributed by atoms with Gasteiger partial charge in [0.2, 0.25) is 0 Å². The maximum absolute atomic E-state index is 11.3. The Bertz CT molecular complexity index is 1240. The highest BCUT2D eigenvalue weighted by molar-refractivity contribution is 5.94. The molecule has 0 amide bonds. The summed E-state index contributed by atoms with van der Waals surface area (Å²) in [5.41, 5.74) is 6.49. The average molecular weight is 414 g/mol. The fraction of sp³-hybridized carbons (Fsp3) is 0.346. The second-order valence-electron chi connectivity index (χ2n) is 8.81. The number of carbonyl (C=O) groups is 1. The summed E-state index contributed by atoms with van der Waals surface area (Å²) >= 11 is 0. The van der Waals surface area contributed by atoms with Crippen molar-refractivity contribution in [3.8, 4) is 6.07 Å². The minimum atomic E-state index is -1.03. The van der Waals surface area contributed by atoms with Gasteiger partial charge in [0, 0.05) is 17.2 Å². The van der Waals surface area contributed by atoms with Gasteiger partial charge >= 0.3 is 5.97 Å². The molecule has 0 fully saturated rings. The van der Waals surface area contributed by atoms with E-state index in [4.69, 9.17) is 4.98 Å². The van der Waals surface area contributed by atoms with Gasteiger partial charge in [0.1, 0.15) is 11.7 Å². The molecule has 1 unspecified atom stereocenters. The van der Waals surface area contributed by atoms with Crippen molar-refractivity contribution in [1.82, 2.24) is 9.55 Å². The number of carboxylic acids is 1. The number of carboxylic acid groups (broad SMARTS) is 1. The number of hydrogen-bond acceptors (Lipinski definition) is 3. The quantitative estimate of drug-likeness (QED) is 0.537. The molecule has 0 aliphatic heterocycles. The van der Waals surface area contributed by atoms with Crippen LogP contribution in [0, 0.1) is 11.3 Å². The molecule has 158 valence electrons. The zero-order chi connectivity index (χ0) is 22.3. The number of pyridine rings is 1. The van der Waals surface area contributed by atoms with Crippen LogP contribution in [-0.4, -0.2) is 20.6 Å². The summed E-state index contributed by atoms with van der Waals surface area (Å²) in [6.45, 7) is 8.48. The smallest absolute Gasteiger partial charge is 0.328 e. The summed E-state index contributed by atoms with van der Waals surface area (Å²) in [5.74, 6) is -0.588. The van der Waals surface area contributed by atoms with Crippen molar-refractivity contribution in [3.05, 3.63) is 70.0 Å². The van der Waals surface area contributed by atoms with Gasteiger partial charge in [0.15, 0.2) is 0 Å². The monoisotopic (exact) mass is 413 g/mol. The van der Waals surface area contributed by atoms with E-state index in [0.717, 1.165) is 41.2 Å². The topological polar surface area (TPSA) is 78.9 Å². The van der Waals surface area contributed by atoms with Crippen LogP contribution >= 0.6 is 0 Å². The molecule has 31 heavy (non-hydrogen) atoms. The molecule has 3 aromatic rings. The van der Waals surface area contributed by atoms with Gasteiger partial charge in [-0.2, -0.15) is 5.26 Å². The SMILES string of the molecule is CC(C)c1cc(C(C)C)c2c(C#N)c(/C=C/C(=O)O)n(C3CCc4ccccc43)c2n1. The summed E-state index contributed by atoms with van der Waals surface area (Å²) in [6.07, 6.45) is 4.52. The summed E-state index contributed by atoms with van der Waals surface area (Å²) < 4.78 is 2.11. The molecular formula is C26H27N3O2. The van der Waals surface area contributed by atoms with E-state index >= 15 is 0 Å². The molecule has 5 nitrogen and oxygen atoms in total. The lowest BCUT2D eigenvalue weighted by atomic mass is 9.95. The second-order valence-corrected chi connectivity index (χ2v) is 8.81. The number of aryl methyl sites for hydroxylation is 1. The number of rotatable bonds is 5. The van der Waals surface area contributed by atoms with Crippen LogP contribution in [-0.2, 0) is 11.2 Å². The molecule has 4 rings (SSSR count). The number of nitriles is 1. The first-order valence-electron chi connectivity index (χ1n) is 10.8. The van der Waals surface area contributed by atoms with Gasteiger partial charge in [-0.25, -0.2) is 9.78 Å². The van der Waals surface area contributed by atoms with E-state index in [-0.39, 0.29) is 17.9 Å². The maximum Gasteiger partial charge on any atom is 0.328 e. The molecule has 0 spiro atoms. The fourth-order valence-corrected chi connectivity index (χ4v) is 4.66. The molecule has 5 heteroatoms. The molecule has 1 N–H and O–H groups in total. The third kappa shape index (κ3) is 3.53. The number of fused-ring (bicyclic) bond motifs is 2. The van der Waals surface area contributed by atoms with Crippen molar-refractivity contribution in [2.75, 3.05) is 0 Å². The van der Waals surface area contributed by atoms with Gasteiger partial charge in [0.05, 0.1) is 17.3 Å². The Hall–Kier alpha value is -3.39. The number of aromatic nitrogens is 2. The number of hydrogen-bond donors (Lipinski definition) is 1. The first kappa shape index (κ1) is 20.9. The Kier molecular flexibility index (Phi) is 5.41. The minimum absolute atomic E-state index is 0.0177. The highest BCUT2D eigenvalue weighted by Crippen LogP contribution is 2.42. The Morgan fingerprint density at radius 3 is 2.65 bits per heavy atom. The molecule has 1 aliphatic carbocycles. The van der Waals surface area contributed by atoms with E-state index < -0.39 is 5.97 Å². The molecule has 0 saturated heterocycles. The Morgan fingerprint density at radius 2 is 2.00 bits per heavy atom. The molecule has 2 heterocycles. The summed E-state index contributed by atoms with van der Waals surface area (Å²) in [6, 6.07) is 12.9. The first-order valence-corrected chi connectivity index (χ1v) is 10.8. The standard InChI is InChI=1S/C26H27N3O2/c1-15(2)19-13-21(16(3)4)28-26-25(19)20(14-27)23(11-12-24(30)31)29(26)22-10-9-17-7-5-6-8-18(17)22/h5-8,11-13,15-16,22H,9-10H2,1-4H3,(H,30,31)/b12-11+. The summed E-state index contributed by atoms with van der Waals surface area (Å²) in [7, 11) is 0. The van der Waals surface area contributed by atoms with Crippen molar-refractivity contribution in [2.45, 2.75) is 58.4 Å². The lowest BCUT2D eigenvalue weighted by Crippen LogP contribution is -2.11. The highest BCUT2D eigenvalue weighted by Gasteiger charge is 2.30. The molecule has 1 atom stereocenters. The third-order valence-corrected chi connectivity index (χ3v) is 6.17. The van der Waals surface area contributed by atoms with Crippen molar-refractivity contribution in [3.63, 3.8) is 0 Å². The predicted molar refractivity (Wildman–Crippen MR) is 122 cm³/mol. The second kappa shape index (κ2) is 8.03. The average Bonchev–Trinajstić information content (AvgIpc) is 3.29.